The molecule has 4 rings (SSSR count). The molecule has 0 bridgehead atoms. The van der Waals surface area contributed by atoms with Crippen LogP contribution < -0.4 is 4.74 Å². The molecule has 8 nitrogen and oxygen atoms in total. The number of hydrogen-bond acceptors (Lipinski definition) is 8. The number of carboxylic acids is 1. The number of carboxylic acid groups (broad SMARTS) is 1. The molecular weight excluding hydrogens is 506 g/mol. The van der Waals surface area contributed by atoms with Crippen molar-refractivity contribution in [3.8, 4) is 5.75 Å². The smallest absolute Gasteiger partial charge is 0.482 e. The van der Waals surface area contributed by atoms with Crippen molar-refractivity contribution in [2.24, 2.45) is 0 Å². The average molecular weight is 525 g/mol. The summed E-state index contributed by atoms with van der Waals surface area (Å²) in [5.41, 5.74) is 1.50. The van der Waals surface area contributed by atoms with Crippen LogP contribution in [0, 0.1) is 18.6 Å². The Morgan fingerprint density at radius 1 is 1.26 bits per heavy atom. The summed E-state index contributed by atoms with van der Waals surface area (Å²) in [6.07, 6.45) is -0.982. The van der Waals surface area contributed by atoms with Crippen molar-refractivity contribution in [2.75, 3.05) is 13.2 Å². The van der Waals surface area contributed by atoms with Gasteiger partial charge in [-0.1, -0.05) is 17.7 Å². The van der Waals surface area contributed by atoms with Gasteiger partial charge in [0.2, 0.25) is 0 Å². The first-order valence-electron chi connectivity index (χ1n) is 10.4. The summed E-state index contributed by atoms with van der Waals surface area (Å²) in [6, 6.07) is 5.80. The molecule has 1 aliphatic rings. The number of carbonyl (C=O) groups is 2. The number of nitrogens with zero attached hydrogens (tertiary/aromatic N) is 2. The number of hydrogen-bond donors (Lipinski definition) is 1. The minimum absolute atomic E-state index is 0.00557. The van der Waals surface area contributed by atoms with Crippen LogP contribution in [0.15, 0.2) is 35.7 Å². The van der Waals surface area contributed by atoms with E-state index in [1.807, 2.05) is 12.3 Å². The second-order valence-electron chi connectivity index (χ2n) is 7.60. The summed E-state index contributed by atoms with van der Waals surface area (Å²) in [5.74, 6) is -3.11. The summed E-state index contributed by atoms with van der Waals surface area (Å²) in [6.45, 7) is 1.05. The number of carbonyl (C=O) groups excluding carboxylic acids is 1. The number of aliphatic carboxylic acids is 1. The van der Waals surface area contributed by atoms with Gasteiger partial charge in [0.05, 0.1) is 0 Å². The van der Waals surface area contributed by atoms with E-state index in [1.165, 1.54) is 40.7 Å². The third kappa shape index (κ3) is 5.69. The van der Waals surface area contributed by atoms with Crippen molar-refractivity contribution in [1.82, 2.24) is 10.0 Å². The molecule has 35 heavy (non-hydrogen) atoms. The molecule has 2 aromatic carbocycles. The Kier molecular flexibility index (Phi) is 7.48. The number of aromatic nitrogens is 1. The number of hydroxylamine groups is 2. The van der Waals surface area contributed by atoms with Crippen LogP contribution in [0.5, 0.6) is 5.75 Å². The SMILES string of the molecule is Cc1csc(COC(=O)ON2CCc3c(ccc(F)c3F)[C@H]2c2cc(Cl)ccc2OCC(=O)O)n1. The Labute approximate surface area is 207 Å². The molecule has 0 aliphatic carbocycles. The predicted octanol–water partition coefficient (Wildman–Crippen LogP) is 5.06. The zero-order chi connectivity index (χ0) is 25.1. The molecule has 1 aliphatic heterocycles. The maximum atomic E-state index is 14.6. The van der Waals surface area contributed by atoms with Crippen molar-refractivity contribution < 1.29 is 37.8 Å². The van der Waals surface area contributed by atoms with Gasteiger partial charge in [-0.3, -0.25) is 0 Å². The predicted molar refractivity (Wildman–Crippen MR) is 121 cm³/mol. The van der Waals surface area contributed by atoms with Gasteiger partial charge in [-0.15, -0.1) is 16.4 Å². The van der Waals surface area contributed by atoms with Gasteiger partial charge in [-0.25, -0.2) is 23.4 Å². The summed E-state index contributed by atoms with van der Waals surface area (Å²) >= 11 is 7.52. The molecule has 12 heteroatoms. The molecule has 1 N–H and O–H groups in total. The lowest BCUT2D eigenvalue weighted by Gasteiger charge is -2.36. The van der Waals surface area contributed by atoms with E-state index >= 15 is 0 Å². The van der Waals surface area contributed by atoms with E-state index in [0.717, 1.165) is 11.8 Å². The van der Waals surface area contributed by atoms with Gasteiger partial charge < -0.3 is 19.4 Å². The highest BCUT2D eigenvalue weighted by Crippen LogP contribution is 2.41. The zero-order valence-electron chi connectivity index (χ0n) is 18.3. The van der Waals surface area contributed by atoms with Crippen LogP contribution in [0.1, 0.15) is 33.4 Å². The van der Waals surface area contributed by atoms with E-state index in [0.29, 0.717) is 16.1 Å². The lowest BCUT2D eigenvalue weighted by Crippen LogP contribution is -2.38. The standard InChI is InChI=1S/C23H19ClF2N2O6S/c1-12-11-35-19(27-12)9-33-23(31)34-28-7-6-14-15(3-4-17(25)21(14)26)22(28)16-8-13(24)2-5-18(16)32-10-20(29)30/h2-5,8,11,22H,6-7,9-10H2,1H3,(H,29,30)/t22-/m0/s1. The number of benzene rings is 2. The zero-order valence-corrected chi connectivity index (χ0v) is 19.9. The van der Waals surface area contributed by atoms with Crippen molar-refractivity contribution >= 4 is 35.1 Å². The Balaban J connectivity index is 1.67. The fourth-order valence-corrected chi connectivity index (χ4v) is 4.62. The number of aryl methyl sites for hydroxylation is 1. The maximum absolute atomic E-state index is 14.6. The summed E-state index contributed by atoms with van der Waals surface area (Å²) in [4.78, 5) is 33.2. The summed E-state index contributed by atoms with van der Waals surface area (Å²) < 4.78 is 39.2. The highest BCUT2D eigenvalue weighted by Gasteiger charge is 2.36. The van der Waals surface area contributed by atoms with Crippen LogP contribution in [-0.2, 0) is 27.4 Å². The van der Waals surface area contributed by atoms with Gasteiger partial charge in [-0.05, 0) is 48.7 Å². The largest absolute Gasteiger partial charge is 0.528 e. The second-order valence-corrected chi connectivity index (χ2v) is 8.98. The number of ether oxygens (including phenoxy) is 2. The van der Waals surface area contributed by atoms with Crippen molar-refractivity contribution in [3.63, 3.8) is 0 Å². The molecule has 0 radical (unpaired) electrons. The van der Waals surface area contributed by atoms with Crippen molar-refractivity contribution in [3.05, 3.63) is 79.8 Å². The minimum atomic E-state index is -1.21. The van der Waals surface area contributed by atoms with Gasteiger partial charge in [0, 0.05) is 28.2 Å². The highest BCUT2D eigenvalue weighted by atomic mass is 35.5. The van der Waals surface area contributed by atoms with E-state index in [-0.39, 0.29) is 35.9 Å². The van der Waals surface area contributed by atoms with E-state index in [9.17, 15) is 18.4 Å². The van der Waals surface area contributed by atoms with Crippen LogP contribution in [-0.4, -0.2) is 40.4 Å². The average Bonchev–Trinajstić information content (AvgIpc) is 3.24. The van der Waals surface area contributed by atoms with Gasteiger partial charge in [0.25, 0.3) is 0 Å². The summed E-state index contributed by atoms with van der Waals surface area (Å²) in [7, 11) is 0. The first-order valence-corrected chi connectivity index (χ1v) is 11.6. The highest BCUT2D eigenvalue weighted by molar-refractivity contribution is 7.09. The fraction of sp³-hybridized carbons (Fsp3) is 0.261. The number of fused-ring (bicyclic) bond motifs is 1. The normalized spacial score (nSPS) is 15.4. The van der Waals surface area contributed by atoms with Gasteiger partial charge in [-0.2, -0.15) is 0 Å². The Bertz CT molecular complexity index is 1270. The number of rotatable bonds is 7. The molecular formula is C23H19ClF2N2O6S. The lowest BCUT2D eigenvalue weighted by atomic mass is 9.88. The molecule has 2 heterocycles. The molecule has 0 saturated carbocycles. The second kappa shape index (κ2) is 10.5. The van der Waals surface area contributed by atoms with Gasteiger partial charge >= 0.3 is 12.1 Å². The van der Waals surface area contributed by atoms with Gasteiger partial charge in [0.1, 0.15) is 23.4 Å². The Hall–Kier alpha value is -3.28. The molecule has 3 aromatic rings. The molecule has 184 valence electrons. The molecule has 0 spiro atoms. The van der Waals surface area contributed by atoms with Crippen molar-refractivity contribution in [2.45, 2.75) is 26.0 Å². The van der Waals surface area contributed by atoms with Crippen LogP contribution in [0.4, 0.5) is 13.6 Å². The van der Waals surface area contributed by atoms with Crippen LogP contribution in [0.25, 0.3) is 0 Å². The minimum Gasteiger partial charge on any atom is -0.482 e. The van der Waals surface area contributed by atoms with E-state index in [4.69, 9.17) is 31.0 Å². The van der Waals surface area contributed by atoms with Crippen molar-refractivity contribution in [1.29, 1.82) is 0 Å². The number of thiazole rings is 1. The Morgan fingerprint density at radius 3 is 2.77 bits per heavy atom. The third-order valence-corrected chi connectivity index (χ3v) is 6.36. The van der Waals surface area contributed by atoms with E-state index < -0.39 is 36.4 Å². The topological polar surface area (TPSA) is 98.2 Å². The Morgan fingerprint density at radius 2 is 2.06 bits per heavy atom. The van der Waals surface area contributed by atoms with E-state index in [1.54, 1.807) is 0 Å². The van der Waals surface area contributed by atoms with E-state index in [2.05, 4.69) is 4.98 Å². The third-order valence-electron chi connectivity index (χ3n) is 5.19. The van der Waals surface area contributed by atoms with Crippen LogP contribution >= 0.6 is 22.9 Å². The van der Waals surface area contributed by atoms with Gasteiger partial charge in [0.15, 0.2) is 18.2 Å². The van der Waals surface area contributed by atoms with Crippen LogP contribution in [0.2, 0.25) is 5.02 Å². The molecule has 1 aromatic heterocycles. The molecule has 0 unspecified atom stereocenters. The number of halogens is 3. The molecule has 1 atom stereocenters. The molecule has 0 amide bonds. The first kappa shape index (κ1) is 24.8. The first-order chi connectivity index (χ1) is 16.7. The fourth-order valence-electron chi connectivity index (χ4n) is 3.76. The lowest BCUT2D eigenvalue weighted by molar-refractivity contribution is -0.153. The maximum Gasteiger partial charge on any atom is 0.528 e. The quantitative estimate of drug-likeness (QED) is 0.428. The molecule has 0 saturated heterocycles. The monoisotopic (exact) mass is 524 g/mol. The van der Waals surface area contributed by atoms with Crippen LogP contribution in [0.3, 0.4) is 0 Å². The summed E-state index contributed by atoms with van der Waals surface area (Å²) in [5, 5.41) is 13.0. The molecule has 0 fully saturated rings.